The normalized spacial score (nSPS) is 11.8. The molecule has 0 aliphatic carbocycles. The summed E-state index contributed by atoms with van der Waals surface area (Å²) < 4.78 is 4.37. The molecule has 16 heavy (non-hydrogen) atoms. The maximum absolute atomic E-state index is 4.49. The smallest absolute Gasteiger partial charge is 0.202 e. The molecule has 5 heteroatoms. The Labute approximate surface area is 107 Å². The molecule has 0 amide bonds. The average Bonchev–Trinajstić information content (AvgIpc) is 2.65. The van der Waals surface area contributed by atoms with E-state index in [4.69, 9.17) is 0 Å². The summed E-state index contributed by atoms with van der Waals surface area (Å²) in [5.41, 5.74) is 0.0509. The molecule has 0 spiro atoms. The number of rotatable bonds is 6. The third kappa shape index (κ3) is 4.70. The van der Waals surface area contributed by atoms with Gasteiger partial charge >= 0.3 is 0 Å². The molecule has 0 saturated carbocycles. The lowest BCUT2D eigenvalue weighted by molar-refractivity contribution is 0.555. The van der Waals surface area contributed by atoms with Crippen molar-refractivity contribution in [3.05, 3.63) is 5.82 Å². The van der Waals surface area contributed by atoms with Crippen molar-refractivity contribution >= 4 is 28.4 Å². The Bertz CT molecular complexity index is 304. The molecule has 1 heterocycles. The van der Waals surface area contributed by atoms with E-state index in [1.54, 1.807) is 0 Å². The summed E-state index contributed by atoms with van der Waals surface area (Å²) in [6, 6.07) is 0. The van der Waals surface area contributed by atoms with E-state index in [0.29, 0.717) is 0 Å². The highest BCUT2D eigenvalue weighted by atomic mass is 32.2. The Morgan fingerprint density at radius 3 is 2.62 bits per heavy atom. The molecule has 0 radical (unpaired) electrons. The highest BCUT2D eigenvalue weighted by molar-refractivity contribution is 7.98. The monoisotopic (exact) mass is 259 g/mol. The number of thioether (sulfide) groups is 1. The standard InChI is InChI=1S/C11H21N3S2/c1-11(2,3)9-13-10(16-14-9)12-7-5-6-8-15-4/h5-8H2,1-4H3,(H,12,13,14). The van der Waals surface area contributed by atoms with Gasteiger partial charge in [-0.05, 0) is 24.9 Å². The third-order valence-electron chi connectivity index (χ3n) is 2.15. The van der Waals surface area contributed by atoms with Crippen molar-refractivity contribution in [2.45, 2.75) is 39.0 Å². The van der Waals surface area contributed by atoms with Crippen LogP contribution in [0.3, 0.4) is 0 Å². The molecule has 1 aromatic rings. The van der Waals surface area contributed by atoms with Crippen molar-refractivity contribution in [3.63, 3.8) is 0 Å². The van der Waals surface area contributed by atoms with Crippen LogP contribution in [0.4, 0.5) is 5.13 Å². The average molecular weight is 259 g/mol. The Morgan fingerprint density at radius 1 is 1.31 bits per heavy atom. The number of hydrogen-bond donors (Lipinski definition) is 1. The Balaban J connectivity index is 2.30. The summed E-state index contributed by atoms with van der Waals surface area (Å²) in [4.78, 5) is 4.49. The van der Waals surface area contributed by atoms with Crippen molar-refractivity contribution in [2.24, 2.45) is 0 Å². The van der Waals surface area contributed by atoms with Gasteiger partial charge in [0.2, 0.25) is 5.13 Å². The predicted molar refractivity (Wildman–Crippen MR) is 74.7 cm³/mol. The summed E-state index contributed by atoms with van der Waals surface area (Å²) in [6.45, 7) is 7.41. The van der Waals surface area contributed by atoms with Gasteiger partial charge in [-0.15, -0.1) is 0 Å². The first-order valence-corrected chi connectivity index (χ1v) is 7.78. The second-order valence-electron chi connectivity index (χ2n) is 4.80. The second-order valence-corrected chi connectivity index (χ2v) is 6.54. The third-order valence-corrected chi connectivity index (χ3v) is 3.52. The predicted octanol–water partition coefficient (Wildman–Crippen LogP) is 3.39. The zero-order chi connectivity index (χ0) is 12.0. The fraction of sp³-hybridized carbons (Fsp3) is 0.818. The van der Waals surface area contributed by atoms with Crippen molar-refractivity contribution in [1.29, 1.82) is 0 Å². The summed E-state index contributed by atoms with van der Waals surface area (Å²) in [5, 5.41) is 4.28. The molecule has 1 N–H and O–H groups in total. The molecule has 1 rings (SSSR count). The van der Waals surface area contributed by atoms with Gasteiger partial charge in [0.05, 0.1) is 0 Å². The highest BCUT2D eigenvalue weighted by Gasteiger charge is 2.19. The van der Waals surface area contributed by atoms with Crippen LogP contribution in [0.5, 0.6) is 0 Å². The Kier molecular flexibility index (Phi) is 5.55. The largest absolute Gasteiger partial charge is 0.360 e. The molecule has 0 fully saturated rings. The van der Waals surface area contributed by atoms with Gasteiger partial charge < -0.3 is 5.32 Å². The van der Waals surface area contributed by atoms with Gasteiger partial charge in [0.25, 0.3) is 0 Å². The maximum Gasteiger partial charge on any atom is 0.202 e. The molecule has 92 valence electrons. The number of nitrogens with zero attached hydrogens (tertiary/aromatic N) is 2. The van der Waals surface area contributed by atoms with Crippen LogP contribution in [0.2, 0.25) is 0 Å². The first-order valence-electron chi connectivity index (χ1n) is 5.61. The van der Waals surface area contributed by atoms with Gasteiger partial charge in [0.1, 0.15) is 5.82 Å². The van der Waals surface area contributed by atoms with Gasteiger partial charge in [-0.2, -0.15) is 16.1 Å². The Morgan fingerprint density at radius 2 is 2.06 bits per heavy atom. The molecule has 0 aliphatic heterocycles. The van der Waals surface area contributed by atoms with Gasteiger partial charge in [-0.1, -0.05) is 20.8 Å². The van der Waals surface area contributed by atoms with E-state index in [-0.39, 0.29) is 5.41 Å². The van der Waals surface area contributed by atoms with E-state index in [9.17, 15) is 0 Å². The van der Waals surface area contributed by atoms with E-state index in [1.165, 1.54) is 30.1 Å². The van der Waals surface area contributed by atoms with Crippen LogP contribution in [-0.4, -0.2) is 27.9 Å². The molecule has 0 aromatic carbocycles. The van der Waals surface area contributed by atoms with Crippen LogP contribution >= 0.6 is 23.3 Å². The number of anilines is 1. The highest BCUT2D eigenvalue weighted by Crippen LogP contribution is 2.22. The van der Waals surface area contributed by atoms with Gasteiger partial charge in [-0.25, -0.2) is 4.98 Å². The van der Waals surface area contributed by atoms with Crippen molar-refractivity contribution in [3.8, 4) is 0 Å². The first-order chi connectivity index (χ1) is 7.54. The molecule has 0 bridgehead atoms. The minimum absolute atomic E-state index is 0.0509. The molecule has 0 aliphatic rings. The molecular formula is C11H21N3S2. The molecule has 0 atom stereocenters. The fourth-order valence-corrected chi connectivity index (χ4v) is 2.44. The minimum Gasteiger partial charge on any atom is -0.360 e. The first kappa shape index (κ1) is 13.8. The molecule has 1 aromatic heterocycles. The number of aromatic nitrogens is 2. The van der Waals surface area contributed by atoms with Crippen molar-refractivity contribution in [2.75, 3.05) is 23.9 Å². The second kappa shape index (κ2) is 6.45. The molecular weight excluding hydrogens is 238 g/mol. The summed E-state index contributed by atoms with van der Waals surface area (Å²) >= 11 is 3.36. The summed E-state index contributed by atoms with van der Waals surface area (Å²) in [6.07, 6.45) is 4.61. The van der Waals surface area contributed by atoms with Gasteiger partial charge in [0.15, 0.2) is 0 Å². The van der Waals surface area contributed by atoms with Crippen LogP contribution in [0.1, 0.15) is 39.4 Å². The Hall–Kier alpha value is -0.290. The van der Waals surface area contributed by atoms with E-state index in [2.05, 4.69) is 41.7 Å². The zero-order valence-corrected chi connectivity index (χ0v) is 12.2. The SMILES string of the molecule is CSCCCCNc1nc(C(C)(C)C)ns1. The molecule has 0 unspecified atom stereocenters. The zero-order valence-electron chi connectivity index (χ0n) is 10.5. The lowest BCUT2D eigenvalue weighted by atomic mass is 9.96. The van der Waals surface area contributed by atoms with Crippen LogP contribution in [0, 0.1) is 0 Å². The lowest BCUT2D eigenvalue weighted by Crippen LogP contribution is -2.13. The molecule has 3 nitrogen and oxygen atoms in total. The molecule has 0 saturated heterocycles. The van der Waals surface area contributed by atoms with Crippen LogP contribution in [0.15, 0.2) is 0 Å². The van der Waals surface area contributed by atoms with E-state index in [1.807, 2.05) is 11.8 Å². The van der Waals surface area contributed by atoms with Crippen LogP contribution in [0.25, 0.3) is 0 Å². The number of unbranched alkanes of at least 4 members (excludes halogenated alkanes) is 1. The number of hydrogen-bond acceptors (Lipinski definition) is 5. The minimum atomic E-state index is 0.0509. The van der Waals surface area contributed by atoms with E-state index >= 15 is 0 Å². The summed E-state index contributed by atoms with van der Waals surface area (Å²) in [5.74, 6) is 2.18. The fourth-order valence-electron chi connectivity index (χ4n) is 1.17. The maximum atomic E-state index is 4.49. The van der Waals surface area contributed by atoms with E-state index < -0.39 is 0 Å². The van der Waals surface area contributed by atoms with Crippen molar-refractivity contribution in [1.82, 2.24) is 9.36 Å². The van der Waals surface area contributed by atoms with Gasteiger partial charge in [0, 0.05) is 23.5 Å². The van der Waals surface area contributed by atoms with Crippen LogP contribution < -0.4 is 5.32 Å². The van der Waals surface area contributed by atoms with Gasteiger partial charge in [-0.3, -0.25) is 0 Å². The lowest BCUT2D eigenvalue weighted by Gasteiger charge is -2.12. The van der Waals surface area contributed by atoms with Crippen molar-refractivity contribution < 1.29 is 0 Å². The number of nitrogens with one attached hydrogen (secondary N) is 1. The van der Waals surface area contributed by atoms with E-state index in [0.717, 1.165) is 17.5 Å². The topological polar surface area (TPSA) is 37.8 Å². The van der Waals surface area contributed by atoms with Crippen LogP contribution in [-0.2, 0) is 5.41 Å². The quantitative estimate of drug-likeness (QED) is 0.795. The summed E-state index contributed by atoms with van der Waals surface area (Å²) in [7, 11) is 0.